The van der Waals surface area contributed by atoms with Crippen LogP contribution in [-0.2, 0) is 11.2 Å². The first-order chi connectivity index (χ1) is 12.5. The van der Waals surface area contributed by atoms with Crippen molar-refractivity contribution in [1.82, 2.24) is 4.90 Å². The third-order valence-electron chi connectivity index (χ3n) is 4.60. The maximum atomic E-state index is 13.1. The predicted octanol–water partition coefficient (Wildman–Crippen LogP) is 2.28. The number of ether oxygens (including phenoxy) is 2. The fourth-order valence-electron chi connectivity index (χ4n) is 3.17. The molecule has 0 spiro atoms. The molecule has 0 bridgehead atoms. The number of carbonyl (C=O) groups excluding carboxylic acids is 1. The number of rotatable bonds is 5. The highest BCUT2D eigenvalue weighted by atomic mass is 19.1. The standard InChI is InChI=1S/C20H22FNO4/c1-25-18-8-4-16(5-9-18)19(24)22-10-11-26-20(13-22,14-23)12-15-2-6-17(21)7-3-15/h2-9,23H,10-14H2,1H3. The predicted molar refractivity (Wildman–Crippen MR) is 94.8 cm³/mol. The van der Waals surface area contributed by atoms with Gasteiger partial charge in [-0.2, -0.15) is 0 Å². The molecule has 1 saturated heterocycles. The summed E-state index contributed by atoms with van der Waals surface area (Å²) >= 11 is 0. The molecule has 2 aromatic rings. The summed E-state index contributed by atoms with van der Waals surface area (Å²) in [6.45, 7) is 0.836. The molecule has 6 heteroatoms. The lowest BCUT2D eigenvalue weighted by atomic mass is 9.92. The van der Waals surface area contributed by atoms with E-state index in [1.807, 2.05) is 0 Å². The van der Waals surface area contributed by atoms with E-state index in [4.69, 9.17) is 9.47 Å². The maximum absolute atomic E-state index is 13.1. The van der Waals surface area contributed by atoms with Crippen molar-refractivity contribution in [3.63, 3.8) is 0 Å². The molecular formula is C20H22FNO4. The second kappa shape index (κ2) is 7.85. The van der Waals surface area contributed by atoms with Crippen LogP contribution in [-0.4, -0.2) is 54.9 Å². The number of halogens is 1. The lowest BCUT2D eigenvalue weighted by Gasteiger charge is -2.42. The maximum Gasteiger partial charge on any atom is 0.254 e. The zero-order chi connectivity index (χ0) is 18.6. The van der Waals surface area contributed by atoms with Gasteiger partial charge in [0.05, 0.1) is 26.9 Å². The molecule has 0 saturated carbocycles. The summed E-state index contributed by atoms with van der Waals surface area (Å²) in [5.41, 5.74) is 0.513. The van der Waals surface area contributed by atoms with Crippen molar-refractivity contribution < 1.29 is 23.8 Å². The van der Waals surface area contributed by atoms with Gasteiger partial charge < -0.3 is 19.5 Å². The Morgan fingerprint density at radius 2 is 1.92 bits per heavy atom. The molecule has 138 valence electrons. The first-order valence-corrected chi connectivity index (χ1v) is 8.48. The van der Waals surface area contributed by atoms with Gasteiger partial charge in [-0.15, -0.1) is 0 Å². The molecule has 3 rings (SSSR count). The van der Waals surface area contributed by atoms with Crippen LogP contribution in [0.15, 0.2) is 48.5 Å². The molecule has 0 aliphatic carbocycles. The Hall–Kier alpha value is -2.44. The molecule has 1 unspecified atom stereocenters. The van der Waals surface area contributed by atoms with Crippen molar-refractivity contribution in [1.29, 1.82) is 0 Å². The molecule has 1 aliphatic heterocycles. The van der Waals surface area contributed by atoms with E-state index < -0.39 is 5.60 Å². The van der Waals surface area contributed by atoms with Crippen LogP contribution in [0.5, 0.6) is 5.75 Å². The average Bonchev–Trinajstić information content (AvgIpc) is 2.69. The minimum atomic E-state index is -0.891. The van der Waals surface area contributed by atoms with Crippen LogP contribution in [0, 0.1) is 5.82 Å². The number of methoxy groups -OCH3 is 1. The Balaban J connectivity index is 1.75. The van der Waals surface area contributed by atoms with Crippen molar-refractivity contribution in [2.24, 2.45) is 0 Å². The van der Waals surface area contributed by atoms with Gasteiger partial charge >= 0.3 is 0 Å². The SMILES string of the molecule is COc1ccc(C(=O)N2CCOC(CO)(Cc3ccc(F)cc3)C2)cc1. The van der Waals surface area contributed by atoms with Crippen molar-refractivity contribution in [2.45, 2.75) is 12.0 Å². The van der Waals surface area contributed by atoms with Gasteiger partial charge in [-0.3, -0.25) is 4.79 Å². The molecule has 1 N–H and O–H groups in total. The highest BCUT2D eigenvalue weighted by Crippen LogP contribution is 2.25. The number of aliphatic hydroxyl groups excluding tert-OH is 1. The zero-order valence-electron chi connectivity index (χ0n) is 14.7. The first-order valence-electron chi connectivity index (χ1n) is 8.48. The molecule has 2 aromatic carbocycles. The number of benzene rings is 2. The minimum Gasteiger partial charge on any atom is -0.497 e. The molecule has 0 aromatic heterocycles. The summed E-state index contributed by atoms with van der Waals surface area (Å²) in [7, 11) is 1.57. The molecular weight excluding hydrogens is 337 g/mol. The summed E-state index contributed by atoms with van der Waals surface area (Å²) in [6.07, 6.45) is 0.399. The Bertz CT molecular complexity index is 747. The van der Waals surface area contributed by atoms with E-state index in [9.17, 15) is 14.3 Å². The highest BCUT2D eigenvalue weighted by Gasteiger charge is 2.38. The average molecular weight is 359 g/mol. The van der Waals surface area contributed by atoms with Crippen molar-refractivity contribution in [3.05, 3.63) is 65.5 Å². The summed E-state index contributed by atoms with van der Waals surface area (Å²) in [5.74, 6) is 0.255. The molecule has 1 atom stereocenters. The smallest absolute Gasteiger partial charge is 0.254 e. The van der Waals surface area contributed by atoms with Crippen LogP contribution < -0.4 is 4.74 Å². The fourth-order valence-corrected chi connectivity index (χ4v) is 3.17. The zero-order valence-corrected chi connectivity index (χ0v) is 14.7. The van der Waals surface area contributed by atoms with Gasteiger partial charge in [0.1, 0.15) is 17.2 Å². The van der Waals surface area contributed by atoms with Crippen LogP contribution >= 0.6 is 0 Å². The second-order valence-corrected chi connectivity index (χ2v) is 6.45. The van der Waals surface area contributed by atoms with Crippen LogP contribution in [0.25, 0.3) is 0 Å². The van der Waals surface area contributed by atoms with Gasteiger partial charge in [0.25, 0.3) is 5.91 Å². The third kappa shape index (κ3) is 4.03. The van der Waals surface area contributed by atoms with E-state index in [0.717, 1.165) is 5.56 Å². The van der Waals surface area contributed by atoms with Gasteiger partial charge in [0, 0.05) is 18.5 Å². The molecule has 1 amide bonds. The highest BCUT2D eigenvalue weighted by molar-refractivity contribution is 5.94. The number of hydrogen-bond donors (Lipinski definition) is 1. The molecule has 0 radical (unpaired) electrons. The van der Waals surface area contributed by atoms with E-state index in [2.05, 4.69) is 0 Å². The van der Waals surface area contributed by atoms with Crippen molar-refractivity contribution in [3.8, 4) is 5.75 Å². The Morgan fingerprint density at radius 1 is 1.23 bits per heavy atom. The topological polar surface area (TPSA) is 59.0 Å². The summed E-state index contributed by atoms with van der Waals surface area (Å²) in [5, 5.41) is 9.94. The number of aliphatic hydroxyl groups is 1. The van der Waals surface area contributed by atoms with Crippen LogP contribution in [0.1, 0.15) is 15.9 Å². The summed E-state index contributed by atoms with van der Waals surface area (Å²) < 4.78 is 24.1. The van der Waals surface area contributed by atoms with Crippen molar-refractivity contribution >= 4 is 5.91 Å². The molecule has 26 heavy (non-hydrogen) atoms. The van der Waals surface area contributed by atoms with E-state index in [1.54, 1.807) is 48.4 Å². The van der Waals surface area contributed by atoms with Gasteiger partial charge in [0.2, 0.25) is 0 Å². The lowest BCUT2D eigenvalue weighted by molar-refractivity contribution is -0.123. The van der Waals surface area contributed by atoms with E-state index >= 15 is 0 Å². The number of amides is 1. The molecule has 1 heterocycles. The van der Waals surface area contributed by atoms with Gasteiger partial charge in [-0.1, -0.05) is 12.1 Å². The minimum absolute atomic E-state index is 0.118. The Labute approximate surface area is 152 Å². The van der Waals surface area contributed by atoms with Crippen LogP contribution in [0.3, 0.4) is 0 Å². The van der Waals surface area contributed by atoms with Crippen molar-refractivity contribution in [2.75, 3.05) is 33.4 Å². The quantitative estimate of drug-likeness (QED) is 0.890. The molecule has 1 fully saturated rings. The van der Waals surface area contributed by atoms with Gasteiger partial charge in [-0.05, 0) is 42.0 Å². The van der Waals surface area contributed by atoms with E-state index in [-0.39, 0.29) is 24.9 Å². The van der Waals surface area contributed by atoms with E-state index in [0.29, 0.717) is 30.9 Å². The summed E-state index contributed by atoms with van der Waals surface area (Å²) in [6, 6.07) is 13.0. The Kier molecular flexibility index (Phi) is 5.54. The monoisotopic (exact) mass is 359 g/mol. The number of nitrogens with zero attached hydrogens (tertiary/aromatic N) is 1. The lowest BCUT2D eigenvalue weighted by Crippen LogP contribution is -2.56. The second-order valence-electron chi connectivity index (χ2n) is 6.45. The number of hydrogen-bond acceptors (Lipinski definition) is 4. The van der Waals surface area contributed by atoms with Crippen LogP contribution in [0.4, 0.5) is 4.39 Å². The fraction of sp³-hybridized carbons (Fsp3) is 0.350. The third-order valence-corrected chi connectivity index (χ3v) is 4.60. The number of morpholine rings is 1. The molecule has 5 nitrogen and oxygen atoms in total. The Morgan fingerprint density at radius 3 is 2.54 bits per heavy atom. The largest absolute Gasteiger partial charge is 0.497 e. The molecule has 1 aliphatic rings. The van der Waals surface area contributed by atoms with Gasteiger partial charge in [-0.25, -0.2) is 4.39 Å². The van der Waals surface area contributed by atoms with Gasteiger partial charge in [0.15, 0.2) is 0 Å². The normalized spacial score (nSPS) is 20.0. The summed E-state index contributed by atoms with van der Waals surface area (Å²) in [4.78, 5) is 14.5. The first kappa shape index (κ1) is 18.4. The number of carbonyl (C=O) groups is 1. The van der Waals surface area contributed by atoms with E-state index in [1.165, 1.54) is 12.1 Å². The van der Waals surface area contributed by atoms with Crippen LogP contribution in [0.2, 0.25) is 0 Å².